The van der Waals surface area contributed by atoms with Gasteiger partial charge in [-0.15, -0.1) is 0 Å². The average molecular weight is 227 g/mol. The minimum atomic E-state index is -0.0674. The minimum Gasteiger partial charge on any atom is -0.393 e. The molecule has 16 heavy (non-hydrogen) atoms. The van der Waals surface area contributed by atoms with Crippen molar-refractivity contribution in [2.24, 2.45) is 5.92 Å². The topological polar surface area (TPSA) is 32.7 Å². The summed E-state index contributed by atoms with van der Waals surface area (Å²) >= 11 is 0. The van der Waals surface area contributed by atoms with Crippen molar-refractivity contribution in [2.75, 3.05) is 19.6 Å². The zero-order valence-corrected chi connectivity index (χ0v) is 10.6. The normalized spacial score (nSPS) is 42.2. The van der Waals surface area contributed by atoms with Crippen LogP contribution < -0.4 is 0 Å². The zero-order valence-electron chi connectivity index (χ0n) is 10.6. The van der Waals surface area contributed by atoms with Crippen LogP contribution in [0, 0.1) is 5.92 Å². The summed E-state index contributed by atoms with van der Waals surface area (Å²) in [5.74, 6) is 0.492. The van der Waals surface area contributed by atoms with E-state index in [1.54, 1.807) is 0 Å². The highest BCUT2D eigenvalue weighted by molar-refractivity contribution is 4.81. The second-order valence-electron chi connectivity index (χ2n) is 5.59. The monoisotopic (exact) mass is 227 g/mol. The summed E-state index contributed by atoms with van der Waals surface area (Å²) in [7, 11) is 0. The highest BCUT2D eigenvalue weighted by Crippen LogP contribution is 2.26. The molecule has 1 heterocycles. The lowest BCUT2D eigenvalue weighted by Crippen LogP contribution is -2.48. The molecule has 94 valence electrons. The predicted molar refractivity (Wildman–Crippen MR) is 64.4 cm³/mol. The van der Waals surface area contributed by atoms with Gasteiger partial charge in [0.1, 0.15) is 0 Å². The molecule has 2 rings (SSSR count). The van der Waals surface area contributed by atoms with E-state index in [1.165, 1.54) is 19.3 Å². The molecule has 1 saturated carbocycles. The first-order valence-electron chi connectivity index (χ1n) is 6.71. The molecule has 0 amide bonds. The van der Waals surface area contributed by atoms with Crippen molar-refractivity contribution in [1.82, 2.24) is 4.90 Å². The van der Waals surface area contributed by atoms with E-state index in [-0.39, 0.29) is 6.10 Å². The number of hydrogen-bond donors (Lipinski definition) is 1. The minimum absolute atomic E-state index is 0.0674. The van der Waals surface area contributed by atoms with E-state index in [9.17, 15) is 5.11 Å². The Morgan fingerprint density at radius 2 is 1.75 bits per heavy atom. The van der Waals surface area contributed by atoms with Gasteiger partial charge in [0.2, 0.25) is 0 Å². The second kappa shape index (κ2) is 5.48. The van der Waals surface area contributed by atoms with Crippen molar-refractivity contribution in [3.05, 3.63) is 0 Å². The Balaban J connectivity index is 1.83. The van der Waals surface area contributed by atoms with Gasteiger partial charge < -0.3 is 9.84 Å². The number of rotatable bonds is 2. The lowest BCUT2D eigenvalue weighted by molar-refractivity contribution is -0.0785. The Morgan fingerprint density at radius 1 is 1.12 bits per heavy atom. The Hall–Kier alpha value is -0.120. The van der Waals surface area contributed by atoms with Gasteiger partial charge in [0.25, 0.3) is 0 Å². The van der Waals surface area contributed by atoms with Crippen molar-refractivity contribution in [2.45, 2.75) is 57.8 Å². The third-order valence-corrected chi connectivity index (χ3v) is 3.86. The predicted octanol–water partition coefficient (Wildman–Crippen LogP) is 1.65. The van der Waals surface area contributed by atoms with E-state index < -0.39 is 0 Å². The van der Waals surface area contributed by atoms with Crippen molar-refractivity contribution in [1.29, 1.82) is 0 Å². The molecule has 0 aromatic rings. The van der Waals surface area contributed by atoms with Crippen LogP contribution in [0.2, 0.25) is 0 Å². The largest absolute Gasteiger partial charge is 0.393 e. The Bertz CT molecular complexity index is 212. The fraction of sp³-hybridized carbons (Fsp3) is 1.00. The number of aliphatic hydroxyl groups is 1. The maximum Gasteiger partial charge on any atom is 0.0678 e. The van der Waals surface area contributed by atoms with Crippen LogP contribution in [0.5, 0.6) is 0 Å². The van der Waals surface area contributed by atoms with Gasteiger partial charge in [-0.3, -0.25) is 4.90 Å². The molecule has 0 bridgehead atoms. The molecular weight excluding hydrogens is 202 g/mol. The quantitative estimate of drug-likeness (QED) is 0.778. The standard InChI is InChI=1S/C13H25NO2/c1-10-7-14(8-11(2)16-10)9-12-5-3-4-6-13(12)15/h10-13,15H,3-9H2,1-2H3/t10-,11+,12?,13?. The zero-order chi connectivity index (χ0) is 11.5. The molecular formula is C13H25NO2. The van der Waals surface area contributed by atoms with Crippen molar-refractivity contribution >= 4 is 0 Å². The van der Waals surface area contributed by atoms with Gasteiger partial charge >= 0.3 is 0 Å². The third kappa shape index (κ3) is 3.19. The smallest absolute Gasteiger partial charge is 0.0678 e. The van der Waals surface area contributed by atoms with Crippen molar-refractivity contribution in [3.8, 4) is 0 Å². The van der Waals surface area contributed by atoms with Crippen LogP contribution in [0.1, 0.15) is 39.5 Å². The Morgan fingerprint density at radius 3 is 2.38 bits per heavy atom. The van der Waals surface area contributed by atoms with Gasteiger partial charge in [-0.1, -0.05) is 12.8 Å². The fourth-order valence-electron chi connectivity index (χ4n) is 3.17. The lowest BCUT2D eigenvalue weighted by atomic mass is 9.86. The molecule has 0 aromatic carbocycles. The molecule has 2 aliphatic rings. The molecule has 1 aliphatic carbocycles. The molecule has 2 unspecified atom stereocenters. The lowest BCUT2D eigenvalue weighted by Gasteiger charge is -2.39. The van der Waals surface area contributed by atoms with Gasteiger partial charge in [-0.2, -0.15) is 0 Å². The fourth-order valence-corrected chi connectivity index (χ4v) is 3.17. The molecule has 0 spiro atoms. The van der Waals surface area contributed by atoms with Crippen LogP contribution in [0.3, 0.4) is 0 Å². The summed E-state index contributed by atoms with van der Waals surface area (Å²) in [5.41, 5.74) is 0. The Labute approximate surface area is 98.8 Å². The number of aliphatic hydroxyl groups excluding tert-OH is 1. The van der Waals surface area contributed by atoms with E-state index in [2.05, 4.69) is 18.7 Å². The third-order valence-electron chi connectivity index (χ3n) is 3.86. The molecule has 3 heteroatoms. The van der Waals surface area contributed by atoms with Gasteiger partial charge in [-0.05, 0) is 32.6 Å². The maximum absolute atomic E-state index is 9.97. The van der Waals surface area contributed by atoms with Crippen molar-refractivity contribution < 1.29 is 9.84 Å². The SMILES string of the molecule is C[C@@H]1CN(CC2CCCCC2O)C[C@H](C)O1. The van der Waals surface area contributed by atoms with Crippen LogP contribution in [-0.2, 0) is 4.74 Å². The molecule has 3 nitrogen and oxygen atoms in total. The molecule has 4 atom stereocenters. The van der Waals surface area contributed by atoms with Crippen molar-refractivity contribution in [3.63, 3.8) is 0 Å². The van der Waals surface area contributed by atoms with Crippen LogP contribution in [0.4, 0.5) is 0 Å². The van der Waals surface area contributed by atoms with Gasteiger partial charge in [-0.25, -0.2) is 0 Å². The van der Waals surface area contributed by atoms with E-state index in [1.807, 2.05) is 0 Å². The van der Waals surface area contributed by atoms with Crippen LogP contribution in [-0.4, -0.2) is 48.0 Å². The number of nitrogens with zero attached hydrogens (tertiary/aromatic N) is 1. The van der Waals surface area contributed by atoms with Gasteiger partial charge in [0.15, 0.2) is 0 Å². The summed E-state index contributed by atoms with van der Waals surface area (Å²) in [5, 5.41) is 9.97. The van der Waals surface area contributed by atoms with E-state index in [0.29, 0.717) is 18.1 Å². The average Bonchev–Trinajstić information content (AvgIpc) is 2.20. The summed E-state index contributed by atoms with van der Waals surface area (Å²) in [4.78, 5) is 2.47. The summed E-state index contributed by atoms with van der Waals surface area (Å²) in [6.45, 7) is 7.38. The summed E-state index contributed by atoms with van der Waals surface area (Å²) in [6, 6.07) is 0. The number of morpholine rings is 1. The summed E-state index contributed by atoms with van der Waals surface area (Å²) < 4.78 is 5.73. The van der Waals surface area contributed by atoms with Crippen LogP contribution in [0.25, 0.3) is 0 Å². The number of ether oxygens (including phenoxy) is 1. The maximum atomic E-state index is 9.97. The molecule has 1 N–H and O–H groups in total. The van der Waals surface area contributed by atoms with Crippen LogP contribution in [0.15, 0.2) is 0 Å². The molecule has 1 aliphatic heterocycles. The van der Waals surface area contributed by atoms with Gasteiger partial charge in [0.05, 0.1) is 18.3 Å². The first-order valence-corrected chi connectivity index (χ1v) is 6.71. The van der Waals surface area contributed by atoms with E-state index in [0.717, 1.165) is 26.1 Å². The highest BCUT2D eigenvalue weighted by atomic mass is 16.5. The van der Waals surface area contributed by atoms with E-state index >= 15 is 0 Å². The first kappa shape index (κ1) is 12.3. The molecule has 0 aromatic heterocycles. The summed E-state index contributed by atoms with van der Waals surface area (Å²) in [6.07, 6.45) is 5.29. The Kier molecular flexibility index (Phi) is 4.22. The second-order valence-corrected chi connectivity index (χ2v) is 5.59. The van der Waals surface area contributed by atoms with Gasteiger partial charge in [0, 0.05) is 19.6 Å². The highest BCUT2D eigenvalue weighted by Gasteiger charge is 2.28. The number of hydrogen-bond acceptors (Lipinski definition) is 3. The first-order chi connectivity index (χ1) is 7.65. The van der Waals surface area contributed by atoms with Crippen LogP contribution >= 0.6 is 0 Å². The molecule has 2 fully saturated rings. The van der Waals surface area contributed by atoms with E-state index in [4.69, 9.17) is 4.74 Å². The molecule has 1 saturated heterocycles. The molecule has 0 radical (unpaired) electrons.